The van der Waals surface area contributed by atoms with Gasteiger partial charge >= 0.3 is 0 Å². The number of rotatable bonds is 5. The molecule has 1 N–H and O–H groups in total. The van der Waals surface area contributed by atoms with Crippen molar-refractivity contribution in [1.29, 1.82) is 0 Å². The molecule has 0 fully saturated rings. The lowest BCUT2D eigenvalue weighted by atomic mass is 10.1. The van der Waals surface area contributed by atoms with Crippen LogP contribution >= 0.6 is 0 Å². The van der Waals surface area contributed by atoms with E-state index in [-0.39, 0.29) is 18.3 Å². The summed E-state index contributed by atoms with van der Waals surface area (Å²) >= 11 is 0. The zero-order chi connectivity index (χ0) is 18.6. The summed E-state index contributed by atoms with van der Waals surface area (Å²) in [5.41, 5.74) is 2.38. The quantitative estimate of drug-likeness (QED) is 0.579. The van der Waals surface area contributed by atoms with E-state index in [2.05, 4.69) is 10.5 Å². The molecule has 4 rings (SSSR count). The van der Waals surface area contributed by atoms with Gasteiger partial charge in [0.15, 0.2) is 5.76 Å². The van der Waals surface area contributed by atoms with Crippen molar-refractivity contribution in [2.75, 3.05) is 0 Å². The van der Waals surface area contributed by atoms with Gasteiger partial charge in [-0.2, -0.15) is 0 Å². The molecule has 0 aliphatic rings. The predicted molar refractivity (Wildman–Crippen MR) is 98.8 cm³/mol. The Kier molecular flexibility index (Phi) is 4.53. The normalized spacial score (nSPS) is 10.7. The molecular formula is C21H16FN3O2. The summed E-state index contributed by atoms with van der Waals surface area (Å²) in [5, 5.41) is 6.67. The third-order valence-electron chi connectivity index (χ3n) is 4.16. The second-order valence-corrected chi connectivity index (χ2v) is 5.98. The number of hydrogen-bond acceptors (Lipinski definition) is 3. The number of amides is 1. The molecule has 0 spiro atoms. The fourth-order valence-electron chi connectivity index (χ4n) is 2.75. The summed E-state index contributed by atoms with van der Waals surface area (Å²) in [4.78, 5) is 12.3. The van der Waals surface area contributed by atoms with Gasteiger partial charge in [0.2, 0.25) is 0 Å². The van der Waals surface area contributed by atoms with Gasteiger partial charge in [-0.25, -0.2) is 4.39 Å². The van der Waals surface area contributed by atoms with E-state index in [1.54, 1.807) is 36.4 Å². The molecule has 0 unspecified atom stereocenters. The molecule has 0 bridgehead atoms. The van der Waals surface area contributed by atoms with Gasteiger partial charge in [0.25, 0.3) is 5.91 Å². The van der Waals surface area contributed by atoms with Gasteiger partial charge in [0.1, 0.15) is 11.5 Å². The first-order chi connectivity index (χ1) is 13.2. The van der Waals surface area contributed by atoms with Gasteiger partial charge in [0, 0.05) is 29.7 Å². The molecule has 1 amide bonds. The Bertz CT molecular complexity index is 1050. The molecule has 2 heterocycles. The highest BCUT2D eigenvalue weighted by atomic mass is 19.1. The fourth-order valence-corrected chi connectivity index (χ4v) is 2.75. The van der Waals surface area contributed by atoms with Gasteiger partial charge in [-0.3, -0.25) is 4.79 Å². The number of benzene rings is 2. The van der Waals surface area contributed by atoms with Crippen molar-refractivity contribution < 1.29 is 13.7 Å². The van der Waals surface area contributed by atoms with Crippen LogP contribution in [0.2, 0.25) is 0 Å². The van der Waals surface area contributed by atoms with Crippen molar-refractivity contribution in [3.05, 3.63) is 96.2 Å². The van der Waals surface area contributed by atoms with Crippen LogP contribution in [0.1, 0.15) is 16.1 Å². The molecule has 0 saturated carbocycles. The average molecular weight is 361 g/mol. The van der Waals surface area contributed by atoms with E-state index in [0.717, 1.165) is 5.69 Å². The van der Waals surface area contributed by atoms with E-state index in [0.29, 0.717) is 22.6 Å². The molecule has 0 aliphatic heterocycles. The monoisotopic (exact) mass is 361 g/mol. The van der Waals surface area contributed by atoms with Crippen molar-refractivity contribution in [2.45, 2.75) is 6.54 Å². The van der Waals surface area contributed by atoms with Crippen LogP contribution in [-0.2, 0) is 6.54 Å². The minimum absolute atomic E-state index is 0.191. The summed E-state index contributed by atoms with van der Waals surface area (Å²) in [6.07, 6.45) is 3.87. The molecule has 0 atom stereocenters. The summed E-state index contributed by atoms with van der Waals surface area (Å²) in [5.74, 6) is -0.273. The van der Waals surface area contributed by atoms with Crippen molar-refractivity contribution in [1.82, 2.24) is 15.0 Å². The summed E-state index contributed by atoms with van der Waals surface area (Å²) < 4.78 is 20.9. The molecule has 2 aromatic heterocycles. The minimum Gasteiger partial charge on any atom is -0.356 e. The molecule has 0 radical (unpaired) electrons. The van der Waals surface area contributed by atoms with Crippen molar-refractivity contribution in [3.63, 3.8) is 0 Å². The fraction of sp³-hybridized carbons (Fsp3) is 0.0476. The summed E-state index contributed by atoms with van der Waals surface area (Å²) in [6, 6.07) is 19.1. The van der Waals surface area contributed by atoms with E-state index in [4.69, 9.17) is 4.52 Å². The number of aromatic nitrogens is 2. The Morgan fingerprint density at radius 3 is 2.52 bits per heavy atom. The van der Waals surface area contributed by atoms with Crippen molar-refractivity contribution >= 4 is 5.91 Å². The Balaban J connectivity index is 1.40. The molecular weight excluding hydrogens is 345 g/mol. The maximum Gasteiger partial charge on any atom is 0.251 e. The molecule has 6 heteroatoms. The topological polar surface area (TPSA) is 60.1 Å². The first-order valence-corrected chi connectivity index (χ1v) is 8.43. The average Bonchev–Trinajstić information content (AvgIpc) is 3.39. The van der Waals surface area contributed by atoms with Gasteiger partial charge in [-0.1, -0.05) is 17.3 Å². The summed E-state index contributed by atoms with van der Waals surface area (Å²) in [7, 11) is 0. The van der Waals surface area contributed by atoms with Crippen molar-refractivity contribution in [2.24, 2.45) is 0 Å². The number of carbonyl (C=O) groups is 1. The largest absolute Gasteiger partial charge is 0.356 e. The number of nitrogens with zero attached hydrogens (tertiary/aromatic N) is 2. The van der Waals surface area contributed by atoms with Gasteiger partial charge in [-0.05, 0) is 48.5 Å². The first kappa shape index (κ1) is 16.8. The lowest BCUT2D eigenvalue weighted by Crippen LogP contribution is -2.22. The smallest absolute Gasteiger partial charge is 0.251 e. The van der Waals surface area contributed by atoms with Crippen molar-refractivity contribution in [3.8, 4) is 17.0 Å². The number of nitrogens with one attached hydrogen (secondary N) is 1. The number of hydrogen-bond donors (Lipinski definition) is 1. The van der Waals surface area contributed by atoms with Crippen LogP contribution in [0.15, 0.2) is 83.6 Å². The standard InChI is InChI=1S/C21H16FN3O2/c22-19-6-2-1-5-18(19)20-13-16(24-27-20)14-23-21(26)15-7-9-17(10-8-15)25-11-3-4-12-25/h1-13H,14H2,(H,23,26). The second kappa shape index (κ2) is 7.29. The molecule has 5 nitrogen and oxygen atoms in total. The van der Waals surface area contributed by atoms with E-state index >= 15 is 0 Å². The molecule has 4 aromatic rings. The number of halogens is 1. The Morgan fingerprint density at radius 1 is 1.04 bits per heavy atom. The predicted octanol–water partition coefficient (Wildman–Crippen LogP) is 4.20. The van der Waals surface area contributed by atoms with E-state index in [9.17, 15) is 9.18 Å². The summed E-state index contributed by atoms with van der Waals surface area (Å²) in [6.45, 7) is 0.191. The van der Waals surface area contributed by atoms with Crippen LogP contribution in [0.5, 0.6) is 0 Å². The molecule has 0 aliphatic carbocycles. The van der Waals surface area contributed by atoms with Crippen LogP contribution in [0.3, 0.4) is 0 Å². The molecule has 27 heavy (non-hydrogen) atoms. The third kappa shape index (κ3) is 3.64. The van der Waals surface area contributed by atoms with Crippen LogP contribution in [0, 0.1) is 5.82 Å². The Labute approximate surface area is 155 Å². The Morgan fingerprint density at radius 2 is 1.78 bits per heavy atom. The zero-order valence-electron chi connectivity index (χ0n) is 14.3. The molecule has 0 saturated heterocycles. The minimum atomic E-state index is -0.382. The van der Waals surface area contributed by atoms with Crippen LogP contribution in [-0.4, -0.2) is 15.6 Å². The lowest BCUT2D eigenvalue weighted by molar-refractivity contribution is 0.0950. The number of carbonyl (C=O) groups excluding carboxylic acids is 1. The van der Waals surface area contributed by atoms with E-state index < -0.39 is 0 Å². The van der Waals surface area contributed by atoms with Gasteiger partial charge in [-0.15, -0.1) is 0 Å². The second-order valence-electron chi connectivity index (χ2n) is 5.98. The van der Waals surface area contributed by atoms with Gasteiger partial charge in [0.05, 0.1) is 12.1 Å². The van der Waals surface area contributed by atoms with E-state index in [1.807, 2.05) is 41.2 Å². The molecule has 134 valence electrons. The van der Waals surface area contributed by atoms with Gasteiger partial charge < -0.3 is 14.4 Å². The maximum absolute atomic E-state index is 13.8. The maximum atomic E-state index is 13.8. The van der Waals surface area contributed by atoms with Crippen LogP contribution in [0.25, 0.3) is 17.0 Å². The van der Waals surface area contributed by atoms with E-state index in [1.165, 1.54) is 6.07 Å². The zero-order valence-corrected chi connectivity index (χ0v) is 14.3. The highest BCUT2D eigenvalue weighted by Gasteiger charge is 2.12. The van der Waals surface area contributed by atoms with Crippen LogP contribution in [0.4, 0.5) is 4.39 Å². The first-order valence-electron chi connectivity index (χ1n) is 8.43. The molecule has 2 aromatic carbocycles. The third-order valence-corrected chi connectivity index (χ3v) is 4.16. The highest BCUT2D eigenvalue weighted by Crippen LogP contribution is 2.23. The lowest BCUT2D eigenvalue weighted by Gasteiger charge is -2.06. The SMILES string of the molecule is O=C(NCc1cc(-c2ccccc2F)on1)c1ccc(-n2cccc2)cc1. The van der Waals surface area contributed by atoms with Crippen LogP contribution < -0.4 is 5.32 Å². The highest BCUT2D eigenvalue weighted by molar-refractivity contribution is 5.94. The Hall–Kier alpha value is -3.67.